The summed E-state index contributed by atoms with van der Waals surface area (Å²) < 4.78 is 0. The van der Waals surface area contributed by atoms with E-state index in [1.54, 1.807) is 0 Å². The topological polar surface area (TPSA) is 0 Å². The van der Waals surface area contributed by atoms with Crippen molar-refractivity contribution in [3.05, 3.63) is 96.1 Å². The Balaban J connectivity index is 1.18. The molecule has 36 radical (unpaired) electrons. The van der Waals surface area contributed by atoms with Crippen LogP contribution < -0.4 is 98.3 Å². The number of rotatable bonds is 4. The van der Waals surface area contributed by atoms with Crippen molar-refractivity contribution in [2.75, 3.05) is 0 Å². The summed E-state index contributed by atoms with van der Waals surface area (Å²) in [6.07, 6.45) is 0. The summed E-state index contributed by atoms with van der Waals surface area (Å²) >= 11 is 0. The molecule has 77 heavy (non-hydrogen) atoms. The van der Waals surface area contributed by atoms with Crippen LogP contribution in [0.5, 0.6) is 0 Å². The molecule has 0 bridgehead atoms. The van der Waals surface area contributed by atoms with E-state index in [1.807, 2.05) is 36.4 Å². The average molecular weight is 923 g/mol. The van der Waals surface area contributed by atoms with Gasteiger partial charge < -0.3 is 0 Å². The van der Waals surface area contributed by atoms with Crippen molar-refractivity contribution in [2.45, 2.75) is 19.3 Å². The summed E-state index contributed by atoms with van der Waals surface area (Å²) in [6.45, 7) is 4.47. The number of hydrogen-bond acceptors (Lipinski definition) is 0. The van der Waals surface area contributed by atoms with Gasteiger partial charge in [-0.3, -0.25) is 0 Å². The van der Waals surface area contributed by atoms with Crippen molar-refractivity contribution in [3.8, 4) is 55.6 Å². The molecule has 0 amide bonds. The first-order chi connectivity index (χ1) is 36.5. The van der Waals surface area contributed by atoms with Gasteiger partial charge in [-0.1, -0.05) is 156 Å². The molecule has 12 aromatic carbocycles. The Bertz CT molecular complexity index is 4460. The van der Waals surface area contributed by atoms with E-state index in [9.17, 15) is 0 Å². The number of hydrogen-bond donors (Lipinski definition) is 0. The number of fused-ring (bicyclic) bond motifs is 3. The minimum absolute atomic E-state index is 0.0683. The third-order valence-corrected chi connectivity index (χ3v) is 16.8. The Hall–Kier alpha value is -6.11. The molecule has 0 fully saturated rings. The SMILES string of the molecule is [B]c1c([B])c2c([B])c([B])c3c([B])c([B])c(-c4cc(-c5ccc6c(c5)C(C)(C)c5cc(-c7ccccc7)ccc5-6)cc(-c5c([B])c([B])c6c([B])c([B])c7c([B])c([B])c([B])c8c([B])c([B])c5c6c78)c4)c4c([B])c([B])c(c1[B])c2c34. The third kappa shape index (κ3) is 6.43. The molecule has 0 atom stereocenters. The first-order valence-electron chi connectivity index (χ1n) is 24.6. The largest absolute Gasteiger partial charge is 0.113 e. The normalized spacial score (nSPS) is 13.1. The van der Waals surface area contributed by atoms with Crippen LogP contribution in [0.1, 0.15) is 25.0 Å². The van der Waals surface area contributed by atoms with Crippen molar-refractivity contribution >= 4 is 304 Å². The van der Waals surface area contributed by atoms with Crippen LogP contribution in [0.25, 0.3) is 120 Å². The molecule has 0 aromatic heterocycles. The van der Waals surface area contributed by atoms with E-state index in [2.05, 4.69) is 62.4 Å². The summed E-state index contributed by atoms with van der Waals surface area (Å²) in [4.78, 5) is 0. The van der Waals surface area contributed by atoms with Crippen LogP contribution in [0.2, 0.25) is 0 Å². The first-order valence-corrected chi connectivity index (χ1v) is 24.6. The summed E-state index contributed by atoms with van der Waals surface area (Å²) in [7, 11) is 125. The van der Waals surface area contributed by atoms with Gasteiger partial charge in [0.1, 0.15) is 141 Å². The van der Waals surface area contributed by atoms with Crippen molar-refractivity contribution in [3.63, 3.8) is 0 Å². The van der Waals surface area contributed by atoms with E-state index in [0.717, 1.165) is 38.9 Å². The highest BCUT2D eigenvalue weighted by Gasteiger charge is 2.36. The molecule has 18 heteroatoms. The minimum atomic E-state index is -0.427. The zero-order valence-corrected chi connectivity index (χ0v) is 42.0. The van der Waals surface area contributed by atoms with Gasteiger partial charge in [-0.25, -0.2) is 0 Å². The third-order valence-electron chi connectivity index (χ3n) is 16.8. The van der Waals surface area contributed by atoms with E-state index in [0.29, 0.717) is 86.9 Å². The second-order valence-electron chi connectivity index (χ2n) is 21.0. The minimum Gasteiger partial charge on any atom is -0.109 e. The smallest absolute Gasteiger partial charge is 0.109 e. The molecule has 1 aliphatic rings. The molecule has 13 rings (SSSR count). The molecule has 12 aromatic rings. The summed E-state index contributed by atoms with van der Waals surface area (Å²) in [5, 5.41) is 4.68. The highest BCUT2D eigenvalue weighted by molar-refractivity contribution is 6.77. The summed E-state index contributed by atoms with van der Waals surface area (Å²) in [6, 6.07) is 29.3. The Morgan fingerprint density at radius 2 is 0.494 bits per heavy atom. The van der Waals surface area contributed by atoms with Gasteiger partial charge >= 0.3 is 0 Å². The lowest BCUT2D eigenvalue weighted by Gasteiger charge is -2.31. The van der Waals surface area contributed by atoms with Crippen LogP contribution in [-0.2, 0) is 5.41 Å². The maximum absolute atomic E-state index is 7.33. The van der Waals surface area contributed by atoms with Crippen molar-refractivity contribution in [2.24, 2.45) is 0 Å². The van der Waals surface area contributed by atoms with Crippen molar-refractivity contribution in [1.82, 2.24) is 0 Å². The van der Waals surface area contributed by atoms with Crippen molar-refractivity contribution < 1.29 is 0 Å². The van der Waals surface area contributed by atoms with Gasteiger partial charge in [-0.2, -0.15) is 0 Å². The average Bonchev–Trinajstić information content (AvgIpc) is 3.87. The predicted octanol–water partition coefficient (Wildman–Crippen LogP) is -5.26. The van der Waals surface area contributed by atoms with E-state index in [1.165, 1.54) is 5.56 Å². The monoisotopic (exact) mass is 926 g/mol. The second-order valence-corrected chi connectivity index (χ2v) is 21.0. The van der Waals surface area contributed by atoms with E-state index in [4.69, 9.17) is 141 Å². The highest BCUT2D eigenvalue weighted by atomic mass is 14.4. The molecule has 0 N–H and O–H groups in total. The maximum atomic E-state index is 7.33. The Morgan fingerprint density at radius 3 is 0.844 bits per heavy atom. The molecule has 1 aliphatic carbocycles. The lowest BCUT2D eigenvalue weighted by atomic mass is 9.58. The van der Waals surface area contributed by atoms with Gasteiger partial charge in [-0.05, 0) is 162 Å². The number of benzene rings is 12. The fourth-order valence-electron chi connectivity index (χ4n) is 12.9. The van der Waals surface area contributed by atoms with E-state index in [-0.39, 0.29) is 98.3 Å². The molecule has 0 aliphatic heterocycles. The molecular formula is C59H20B18. The summed E-state index contributed by atoms with van der Waals surface area (Å²) in [5.74, 6) is 0. The zero-order valence-electron chi connectivity index (χ0n) is 42.0. The van der Waals surface area contributed by atoms with E-state index < -0.39 is 5.41 Å². The quantitative estimate of drug-likeness (QED) is 0.123. The predicted molar refractivity (Wildman–Crippen MR) is 350 cm³/mol. The molecular weight excluding hydrogens is 903 g/mol. The molecule has 0 heterocycles. The van der Waals surface area contributed by atoms with Gasteiger partial charge in [0.2, 0.25) is 0 Å². The second kappa shape index (κ2) is 16.9. The van der Waals surface area contributed by atoms with Crippen LogP contribution in [0, 0.1) is 0 Å². The Kier molecular flexibility index (Phi) is 11.1. The lowest BCUT2D eigenvalue weighted by molar-refractivity contribution is 0.661. The summed E-state index contributed by atoms with van der Waals surface area (Å²) in [5.41, 5.74) is 11.7. The Labute approximate surface area is 472 Å². The van der Waals surface area contributed by atoms with Crippen LogP contribution in [0.15, 0.2) is 84.9 Å². The van der Waals surface area contributed by atoms with Gasteiger partial charge in [0.25, 0.3) is 0 Å². The lowest BCUT2D eigenvalue weighted by Crippen LogP contribution is -2.48. The fraction of sp³-hybridized carbons (Fsp3) is 0.0508. The van der Waals surface area contributed by atoms with Gasteiger partial charge in [0.05, 0.1) is 0 Å². The maximum Gasteiger partial charge on any atom is 0.113 e. The molecule has 0 unspecified atom stereocenters. The fourth-order valence-corrected chi connectivity index (χ4v) is 12.9. The van der Waals surface area contributed by atoms with Gasteiger partial charge in [0, 0.05) is 5.41 Å². The first kappa shape index (κ1) is 50.4. The van der Waals surface area contributed by atoms with Crippen LogP contribution in [0.4, 0.5) is 0 Å². The molecule has 0 saturated carbocycles. The van der Waals surface area contributed by atoms with Crippen molar-refractivity contribution in [1.29, 1.82) is 0 Å². The molecule has 0 nitrogen and oxygen atoms in total. The van der Waals surface area contributed by atoms with Crippen LogP contribution in [0.3, 0.4) is 0 Å². The molecule has 0 saturated heterocycles. The Morgan fingerprint density at radius 1 is 0.221 bits per heavy atom. The molecule has 0 spiro atoms. The van der Waals surface area contributed by atoms with Crippen LogP contribution in [-0.4, -0.2) is 141 Å². The van der Waals surface area contributed by atoms with E-state index >= 15 is 0 Å². The van der Waals surface area contributed by atoms with Crippen LogP contribution >= 0.6 is 0 Å². The highest BCUT2D eigenvalue weighted by Crippen LogP contribution is 2.51. The van der Waals surface area contributed by atoms with Gasteiger partial charge in [-0.15, -0.1) is 10.9 Å². The molecule has 310 valence electrons. The van der Waals surface area contributed by atoms with Gasteiger partial charge in [0.15, 0.2) is 0 Å². The standard InChI is InChI=1S/C59H20B18/c1-59(2)25-15-18(17-6-4-3-5-7-17)8-10-23(25)24-11-9-19(16-26(24)59)20-12-21(27-33-29-31-37(47(66)43(33)62)53(72)57(76)55(74)39(31)51(70)49(68)35(29)45(64)41(27)60)14-22(13-20)28-34-30-32-38(48(67)44(34)63)54(73)58(77)56(75)40(32)52(71)50(69)36(30)46(65)42(28)61/h3-16H,1-2H3. The zero-order chi connectivity index (χ0) is 54.6.